The van der Waals surface area contributed by atoms with Crippen LogP contribution in [0, 0.1) is 6.92 Å². The Bertz CT molecular complexity index is 890. The molecule has 1 atom stereocenters. The summed E-state index contributed by atoms with van der Waals surface area (Å²) in [4.78, 5) is 27.8. The lowest BCUT2D eigenvalue weighted by atomic mass is 10.1. The maximum Gasteiger partial charge on any atom is 0.242 e. The Hall–Kier alpha value is -2.04. The second-order valence-electron chi connectivity index (χ2n) is 8.05. The Kier molecular flexibility index (Phi) is 7.79. The summed E-state index contributed by atoms with van der Waals surface area (Å²) < 4.78 is 0. The lowest BCUT2D eigenvalue weighted by Gasteiger charge is -2.30. The van der Waals surface area contributed by atoms with Crippen LogP contribution < -0.4 is 5.32 Å². The number of amides is 2. The fraction of sp³-hybridized carbons (Fsp3) is 0.417. The molecular formula is C24H28Cl2N2O2. The second-order valence-corrected chi connectivity index (χ2v) is 8.87. The first-order valence-corrected chi connectivity index (χ1v) is 11.2. The number of hydrogen-bond donors (Lipinski definition) is 1. The number of carbonyl (C=O) groups excluding carboxylic acids is 2. The molecule has 30 heavy (non-hydrogen) atoms. The molecule has 0 aromatic heterocycles. The molecule has 1 saturated carbocycles. The molecule has 1 aliphatic carbocycles. The monoisotopic (exact) mass is 446 g/mol. The van der Waals surface area contributed by atoms with Gasteiger partial charge in [0.05, 0.1) is 6.42 Å². The van der Waals surface area contributed by atoms with Crippen molar-refractivity contribution in [3.8, 4) is 0 Å². The third-order valence-corrected chi connectivity index (χ3v) is 6.41. The fourth-order valence-electron chi connectivity index (χ4n) is 3.93. The van der Waals surface area contributed by atoms with E-state index in [-0.39, 0.29) is 30.8 Å². The lowest BCUT2D eigenvalue weighted by molar-refractivity contribution is -0.140. The predicted molar refractivity (Wildman–Crippen MR) is 122 cm³/mol. The van der Waals surface area contributed by atoms with Gasteiger partial charge in [0, 0.05) is 28.2 Å². The zero-order valence-corrected chi connectivity index (χ0v) is 19.0. The molecular weight excluding hydrogens is 419 g/mol. The van der Waals surface area contributed by atoms with Gasteiger partial charge < -0.3 is 10.2 Å². The molecule has 2 aromatic rings. The van der Waals surface area contributed by atoms with Crippen LogP contribution in [0.3, 0.4) is 0 Å². The summed E-state index contributed by atoms with van der Waals surface area (Å²) in [6.07, 6.45) is 4.46. The van der Waals surface area contributed by atoms with Gasteiger partial charge >= 0.3 is 0 Å². The molecule has 0 heterocycles. The van der Waals surface area contributed by atoms with Gasteiger partial charge in [-0.3, -0.25) is 9.59 Å². The number of nitrogens with one attached hydrogen (secondary N) is 1. The van der Waals surface area contributed by atoms with Gasteiger partial charge in [0.25, 0.3) is 0 Å². The van der Waals surface area contributed by atoms with Crippen molar-refractivity contribution in [1.29, 1.82) is 0 Å². The Morgan fingerprint density at radius 3 is 2.37 bits per heavy atom. The van der Waals surface area contributed by atoms with Crippen molar-refractivity contribution >= 4 is 35.0 Å². The van der Waals surface area contributed by atoms with Crippen LogP contribution in [0.25, 0.3) is 0 Å². The summed E-state index contributed by atoms with van der Waals surface area (Å²) in [5.74, 6) is -0.270. The average molecular weight is 447 g/mol. The molecule has 6 heteroatoms. The molecule has 2 aromatic carbocycles. The van der Waals surface area contributed by atoms with E-state index in [0.717, 1.165) is 36.8 Å². The molecule has 4 nitrogen and oxygen atoms in total. The van der Waals surface area contributed by atoms with Gasteiger partial charge in [0.1, 0.15) is 6.04 Å². The van der Waals surface area contributed by atoms with Crippen molar-refractivity contribution < 1.29 is 9.59 Å². The summed E-state index contributed by atoms with van der Waals surface area (Å²) in [7, 11) is 0. The molecule has 0 radical (unpaired) electrons. The summed E-state index contributed by atoms with van der Waals surface area (Å²) in [6, 6.07) is 12.7. The third kappa shape index (κ3) is 5.77. The quantitative estimate of drug-likeness (QED) is 0.625. The number of carbonyl (C=O) groups is 2. The third-order valence-electron chi connectivity index (χ3n) is 5.70. The van der Waals surface area contributed by atoms with Crippen LogP contribution in [-0.2, 0) is 22.6 Å². The van der Waals surface area contributed by atoms with Crippen LogP contribution in [0.1, 0.15) is 49.3 Å². The number of rotatable bonds is 7. The summed E-state index contributed by atoms with van der Waals surface area (Å²) in [6.45, 7) is 3.94. The van der Waals surface area contributed by atoms with Crippen molar-refractivity contribution in [2.45, 2.75) is 64.6 Å². The van der Waals surface area contributed by atoms with E-state index in [0.29, 0.717) is 15.6 Å². The maximum absolute atomic E-state index is 13.3. The number of halogens is 2. The number of hydrogen-bond acceptors (Lipinski definition) is 2. The number of aryl methyl sites for hydroxylation is 1. The molecule has 3 rings (SSSR count). The topological polar surface area (TPSA) is 49.4 Å². The van der Waals surface area contributed by atoms with Crippen LogP contribution >= 0.6 is 23.2 Å². The second kappa shape index (κ2) is 10.3. The van der Waals surface area contributed by atoms with Gasteiger partial charge in [0.15, 0.2) is 0 Å². The minimum Gasteiger partial charge on any atom is -0.352 e. The van der Waals surface area contributed by atoms with E-state index in [1.807, 2.05) is 31.2 Å². The number of benzene rings is 2. The molecule has 160 valence electrons. The molecule has 1 aliphatic rings. The Morgan fingerprint density at radius 2 is 1.73 bits per heavy atom. The molecule has 0 unspecified atom stereocenters. The Balaban J connectivity index is 1.83. The molecule has 1 N–H and O–H groups in total. The fourth-order valence-corrected chi connectivity index (χ4v) is 4.44. The van der Waals surface area contributed by atoms with Crippen molar-refractivity contribution in [3.05, 3.63) is 69.2 Å². The highest BCUT2D eigenvalue weighted by Gasteiger charge is 2.29. The summed E-state index contributed by atoms with van der Waals surface area (Å²) in [5, 5.41) is 4.07. The van der Waals surface area contributed by atoms with E-state index in [9.17, 15) is 9.59 Å². The van der Waals surface area contributed by atoms with E-state index in [1.54, 1.807) is 30.0 Å². The van der Waals surface area contributed by atoms with E-state index < -0.39 is 6.04 Å². The largest absolute Gasteiger partial charge is 0.352 e. The molecule has 2 amide bonds. The standard InChI is InChI=1S/C24H28Cl2N2O2/c1-16-7-5-8-18(13-16)14-23(29)28(15-20-21(25)11-6-12-22(20)26)17(2)24(30)27-19-9-3-4-10-19/h5-8,11-13,17,19H,3-4,9-10,14-15H2,1-2H3,(H,27,30)/t17-/m1/s1. The van der Waals surface area contributed by atoms with Crippen molar-refractivity contribution in [2.24, 2.45) is 0 Å². The van der Waals surface area contributed by atoms with Crippen molar-refractivity contribution in [3.63, 3.8) is 0 Å². The van der Waals surface area contributed by atoms with Crippen LogP contribution in [0.15, 0.2) is 42.5 Å². The first kappa shape index (κ1) is 22.6. The van der Waals surface area contributed by atoms with E-state index in [1.165, 1.54) is 0 Å². The number of nitrogens with zero attached hydrogens (tertiary/aromatic N) is 1. The van der Waals surface area contributed by atoms with Crippen LogP contribution in [0.2, 0.25) is 10.0 Å². The maximum atomic E-state index is 13.3. The molecule has 0 saturated heterocycles. The highest BCUT2D eigenvalue weighted by atomic mass is 35.5. The van der Waals surface area contributed by atoms with Gasteiger partial charge in [-0.1, -0.05) is 71.9 Å². The average Bonchev–Trinajstić information content (AvgIpc) is 3.20. The first-order chi connectivity index (χ1) is 14.3. The molecule has 0 bridgehead atoms. The van der Waals surface area contributed by atoms with Crippen molar-refractivity contribution in [1.82, 2.24) is 10.2 Å². The first-order valence-electron chi connectivity index (χ1n) is 10.4. The van der Waals surface area contributed by atoms with Crippen LogP contribution in [0.4, 0.5) is 0 Å². The normalized spacial score (nSPS) is 15.1. The van der Waals surface area contributed by atoms with Crippen molar-refractivity contribution in [2.75, 3.05) is 0 Å². The highest BCUT2D eigenvalue weighted by molar-refractivity contribution is 6.36. The van der Waals surface area contributed by atoms with E-state index >= 15 is 0 Å². The van der Waals surface area contributed by atoms with Gasteiger partial charge in [-0.2, -0.15) is 0 Å². The Morgan fingerprint density at radius 1 is 1.10 bits per heavy atom. The van der Waals surface area contributed by atoms with Gasteiger partial charge in [-0.25, -0.2) is 0 Å². The predicted octanol–water partition coefficient (Wildman–Crippen LogP) is 5.32. The zero-order valence-electron chi connectivity index (χ0n) is 17.5. The SMILES string of the molecule is Cc1cccc(CC(=O)N(Cc2c(Cl)cccc2Cl)[C@H](C)C(=O)NC2CCCC2)c1. The Labute approximate surface area is 188 Å². The van der Waals surface area contributed by atoms with E-state index in [4.69, 9.17) is 23.2 Å². The van der Waals surface area contributed by atoms with Gasteiger partial charge in [-0.15, -0.1) is 0 Å². The minimum atomic E-state index is -0.629. The lowest BCUT2D eigenvalue weighted by Crippen LogP contribution is -2.50. The summed E-state index contributed by atoms with van der Waals surface area (Å²) >= 11 is 12.7. The van der Waals surface area contributed by atoms with Gasteiger partial charge in [-0.05, 0) is 44.4 Å². The smallest absolute Gasteiger partial charge is 0.242 e. The zero-order chi connectivity index (χ0) is 21.7. The van der Waals surface area contributed by atoms with Gasteiger partial charge in [0.2, 0.25) is 11.8 Å². The highest BCUT2D eigenvalue weighted by Crippen LogP contribution is 2.27. The van der Waals surface area contributed by atoms with Crippen LogP contribution in [-0.4, -0.2) is 28.8 Å². The summed E-state index contributed by atoms with van der Waals surface area (Å²) in [5.41, 5.74) is 2.66. The molecule has 0 aliphatic heterocycles. The van der Waals surface area contributed by atoms with Crippen LogP contribution in [0.5, 0.6) is 0 Å². The van der Waals surface area contributed by atoms with E-state index in [2.05, 4.69) is 5.32 Å². The minimum absolute atomic E-state index is 0.134. The molecule has 0 spiro atoms. The molecule has 1 fully saturated rings.